The molecule has 0 saturated heterocycles. The number of aliphatic imine (C=N–C) groups is 1. The molecule has 0 aliphatic carbocycles. The second-order valence-corrected chi connectivity index (χ2v) is 6.65. The Morgan fingerprint density at radius 1 is 1.24 bits per heavy atom. The summed E-state index contributed by atoms with van der Waals surface area (Å²) in [7, 11) is 1.77. The molecule has 1 heterocycles. The average molecular weight is 405 g/mol. The fourth-order valence-corrected chi connectivity index (χ4v) is 2.61. The number of benzene rings is 1. The van der Waals surface area contributed by atoms with Crippen LogP contribution in [0.2, 0.25) is 0 Å². The smallest absolute Gasteiger partial charge is 0.191 e. The number of nitrogens with zero attached hydrogens (tertiary/aromatic N) is 2. The van der Waals surface area contributed by atoms with Crippen molar-refractivity contribution in [3.05, 3.63) is 58.3 Å². The molecule has 1 unspecified atom stereocenters. The second-order valence-electron chi connectivity index (χ2n) is 5.80. The molecule has 0 bridgehead atoms. The molecular formula is C19H25BrN4O. The normalized spacial score (nSPS) is 12.6. The molecule has 0 saturated carbocycles. The van der Waals surface area contributed by atoms with Crippen LogP contribution in [0.3, 0.4) is 0 Å². The van der Waals surface area contributed by atoms with E-state index in [4.69, 9.17) is 4.74 Å². The molecule has 2 aromatic rings. The van der Waals surface area contributed by atoms with Gasteiger partial charge >= 0.3 is 0 Å². The number of guanidine groups is 1. The van der Waals surface area contributed by atoms with E-state index in [1.807, 2.05) is 50.4 Å². The van der Waals surface area contributed by atoms with E-state index in [2.05, 4.69) is 42.6 Å². The minimum atomic E-state index is 0.0125. The Bertz CT molecular complexity index is 688. The molecule has 0 radical (unpaired) electrons. The first-order valence-corrected chi connectivity index (χ1v) is 9.15. The Kier molecular flexibility index (Phi) is 7.73. The standard InChI is InChI=1S/C19H25BrN4O/c1-14-8-9-16(13-23-14)10-11-22-19(21-3)24-12-15(2)25-18-7-5-4-6-17(18)20/h4-9,13,15H,10-12H2,1-3H3,(H2,21,22,24). The zero-order valence-corrected chi connectivity index (χ0v) is 16.5. The van der Waals surface area contributed by atoms with Crippen molar-refractivity contribution in [3.63, 3.8) is 0 Å². The maximum absolute atomic E-state index is 5.92. The third-order valence-electron chi connectivity index (χ3n) is 3.62. The maximum Gasteiger partial charge on any atom is 0.191 e. The van der Waals surface area contributed by atoms with E-state index >= 15 is 0 Å². The van der Waals surface area contributed by atoms with Crippen molar-refractivity contribution < 1.29 is 4.74 Å². The minimum absolute atomic E-state index is 0.0125. The van der Waals surface area contributed by atoms with Gasteiger partial charge in [0.05, 0.1) is 11.0 Å². The highest BCUT2D eigenvalue weighted by Crippen LogP contribution is 2.24. The summed E-state index contributed by atoms with van der Waals surface area (Å²) < 4.78 is 6.88. The number of nitrogens with one attached hydrogen (secondary N) is 2. The summed E-state index contributed by atoms with van der Waals surface area (Å²) in [5, 5.41) is 6.60. The molecular weight excluding hydrogens is 380 g/mol. The number of rotatable bonds is 7. The Balaban J connectivity index is 1.72. The number of hydrogen-bond acceptors (Lipinski definition) is 3. The van der Waals surface area contributed by atoms with E-state index in [-0.39, 0.29) is 6.10 Å². The largest absolute Gasteiger partial charge is 0.488 e. The van der Waals surface area contributed by atoms with Crippen molar-refractivity contribution in [2.45, 2.75) is 26.4 Å². The van der Waals surface area contributed by atoms with Gasteiger partial charge in [0, 0.05) is 25.5 Å². The number of ether oxygens (including phenoxy) is 1. The SMILES string of the molecule is CN=C(NCCc1ccc(C)nc1)NCC(C)Oc1ccccc1Br. The van der Waals surface area contributed by atoms with Crippen LogP contribution in [0.5, 0.6) is 5.75 Å². The minimum Gasteiger partial charge on any atom is -0.488 e. The first-order valence-electron chi connectivity index (χ1n) is 8.35. The molecule has 25 heavy (non-hydrogen) atoms. The highest BCUT2D eigenvalue weighted by Gasteiger charge is 2.07. The average Bonchev–Trinajstić information content (AvgIpc) is 2.61. The summed E-state index contributed by atoms with van der Waals surface area (Å²) in [6.07, 6.45) is 2.83. The third kappa shape index (κ3) is 6.74. The van der Waals surface area contributed by atoms with Gasteiger partial charge in [-0.3, -0.25) is 9.98 Å². The lowest BCUT2D eigenvalue weighted by Gasteiger charge is -2.18. The molecule has 134 valence electrons. The second kappa shape index (κ2) is 10.0. The summed E-state index contributed by atoms with van der Waals surface area (Å²) >= 11 is 3.49. The number of pyridine rings is 1. The monoisotopic (exact) mass is 404 g/mol. The lowest BCUT2D eigenvalue weighted by molar-refractivity contribution is 0.222. The molecule has 0 fully saturated rings. The molecule has 1 aromatic carbocycles. The van der Waals surface area contributed by atoms with Crippen molar-refractivity contribution in [1.82, 2.24) is 15.6 Å². The third-order valence-corrected chi connectivity index (χ3v) is 4.28. The number of halogens is 1. The van der Waals surface area contributed by atoms with Crippen LogP contribution in [-0.2, 0) is 6.42 Å². The van der Waals surface area contributed by atoms with E-state index in [0.717, 1.165) is 34.8 Å². The van der Waals surface area contributed by atoms with Crippen LogP contribution in [0.1, 0.15) is 18.2 Å². The van der Waals surface area contributed by atoms with Crippen molar-refractivity contribution >= 4 is 21.9 Å². The van der Waals surface area contributed by atoms with E-state index in [1.165, 1.54) is 5.56 Å². The van der Waals surface area contributed by atoms with Gasteiger partial charge in [-0.1, -0.05) is 18.2 Å². The summed E-state index contributed by atoms with van der Waals surface area (Å²) in [4.78, 5) is 8.55. The molecule has 2 N–H and O–H groups in total. The van der Waals surface area contributed by atoms with E-state index in [0.29, 0.717) is 6.54 Å². The van der Waals surface area contributed by atoms with Crippen LogP contribution in [-0.4, -0.2) is 37.2 Å². The molecule has 5 nitrogen and oxygen atoms in total. The van der Waals surface area contributed by atoms with Gasteiger partial charge in [0.2, 0.25) is 0 Å². The van der Waals surface area contributed by atoms with Crippen LogP contribution >= 0.6 is 15.9 Å². The first kappa shape index (κ1) is 19.2. The van der Waals surface area contributed by atoms with E-state index in [1.54, 1.807) is 7.05 Å². The lowest BCUT2D eigenvalue weighted by Crippen LogP contribution is -2.42. The highest BCUT2D eigenvalue weighted by atomic mass is 79.9. The van der Waals surface area contributed by atoms with Crippen LogP contribution in [0.25, 0.3) is 0 Å². The molecule has 1 aromatic heterocycles. The molecule has 0 amide bonds. The lowest BCUT2D eigenvalue weighted by atomic mass is 10.2. The number of aromatic nitrogens is 1. The Morgan fingerprint density at radius 2 is 2.04 bits per heavy atom. The van der Waals surface area contributed by atoms with E-state index in [9.17, 15) is 0 Å². The molecule has 0 aliphatic rings. The zero-order chi connectivity index (χ0) is 18.1. The van der Waals surface area contributed by atoms with Gasteiger partial charge < -0.3 is 15.4 Å². The first-order chi connectivity index (χ1) is 12.1. The Hall–Kier alpha value is -2.08. The summed E-state index contributed by atoms with van der Waals surface area (Å²) in [5.74, 6) is 1.61. The van der Waals surface area contributed by atoms with Crippen molar-refractivity contribution in [2.75, 3.05) is 20.1 Å². The van der Waals surface area contributed by atoms with Crippen LogP contribution < -0.4 is 15.4 Å². The zero-order valence-electron chi connectivity index (χ0n) is 14.9. The van der Waals surface area contributed by atoms with Gasteiger partial charge in [-0.05, 0) is 60.0 Å². The van der Waals surface area contributed by atoms with Crippen molar-refractivity contribution in [1.29, 1.82) is 0 Å². The predicted molar refractivity (Wildman–Crippen MR) is 106 cm³/mol. The number of hydrogen-bond donors (Lipinski definition) is 2. The van der Waals surface area contributed by atoms with Crippen molar-refractivity contribution in [3.8, 4) is 5.75 Å². The van der Waals surface area contributed by atoms with Gasteiger partial charge in [0.25, 0.3) is 0 Å². The Labute approximate surface area is 158 Å². The predicted octanol–water partition coefficient (Wildman–Crippen LogP) is 3.33. The molecule has 0 aliphatic heterocycles. The molecule has 2 rings (SSSR count). The summed E-state index contributed by atoms with van der Waals surface area (Å²) in [5.41, 5.74) is 2.24. The number of aryl methyl sites for hydroxylation is 1. The van der Waals surface area contributed by atoms with Gasteiger partial charge in [-0.2, -0.15) is 0 Å². The molecule has 6 heteroatoms. The van der Waals surface area contributed by atoms with E-state index < -0.39 is 0 Å². The summed E-state index contributed by atoms with van der Waals surface area (Å²) in [6.45, 7) is 5.47. The fraction of sp³-hybridized carbons (Fsp3) is 0.368. The van der Waals surface area contributed by atoms with Crippen molar-refractivity contribution in [2.24, 2.45) is 4.99 Å². The fourth-order valence-electron chi connectivity index (χ4n) is 2.23. The topological polar surface area (TPSA) is 58.5 Å². The van der Waals surface area contributed by atoms with Gasteiger partial charge in [0.1, 0.15) is 11.9 Å². The molecule has 0 spiro atoms. The summed E-state index contributed by atoms with van der Waals surface area (Å²) in [6, 6.07) is 12.0. The van der Waals surface area contributed by atoms with Gasteiger partial charge in [0.15, 0.2) is 5.96 Å². The quantitative estimate of drug-likeness (QED) is 0.548. The maximum atomic E-state index is 5.92. The molecule has 1 atom stereocenters. The Morgan fingerprint density at radius 3 is 2.72 bits per heavy atom. The van der Waals surface area contributed by atoms with Gasteiger partial charge in [-0.15, -0.1) is 0 Å². The van der Waals surface area contributed by atoms with Gasteiger partial charge in [-0.25, -0.2) is 0 Å². The highest BCUT2D eigenvalue weighted by molar-refractivity contribution is 9.10. The van der Waals surface area contributed by atoms with Crippen LogP contribution in [0, 0.1) is 6.92 Å². The van der Waals surface area contributed by atoms with Crippen LogP contribution in [0.15, 0.2) is 52.1 Å². The number of para-hydroxylation sites is 1. The van der Waals surface area contributed by atoms with Crippen LogP contribution in [0.4, 0.5) is 0 Å².